The fourth-order valence-corrected chi connectivity index (χ4v) is 2.31. The van der Waals surface area contributed by atoms with Crippen LogP contribution < -0.4 is 11.5 Å². The first-order valence-electron chi connectivity index (χ1n) is 6.82. The third kappa shape index (κ3) is 11.0. The topological polar surface area (TPSA) is 70.5 Å². The smallest absolute Gasteiger partial charge is 0.0707 e. The molecule has 0 aromatic carbocycles. The quantitative estimate of drug-likeness (QED) is 0.622. The van der Waals surface area contributed by atoms with Crippen LogP contribution in [0, 0.1) is 0 Å². The van der Waals surface area contributed by atoms with Gasteiger partial charge in [0.05, 0.1) is 24.9 Å². The number of nitrogens with two attached hydrogens (primary N) is 2. The molecule has 0 aromatic rings. The highest BCUT2D eigenvalue weighted by Gasteiger charge is 2.26. The van der Waals surface area contributed by atoms with Gasteiger partial charge in [-0.25, -0.2) is 0 Å². The molecule has 0 rings (SSSR count). The predicted molar refractivity (Wildman–Crippen MR) is 76.6 cm³/mol. The van der Waals surface area contributed by atoms with E-state index >= 15 is 0 Å². The Morgan fingerprint density at radius 2 is 1.61 bits per heavy atom. The molecule has 0 aliphatic rings. The molecule has 0 amide bonds. The maximum Gasteiger partial charge on any atom is 0.0707 e. The molecule has 18 heavy (non-hydrogen) atoms. The molecule has 0 saturated carbocycles. The summed E-state index contributed by atoms with van der Waals surface area (Å²) >= 11 is 0. The second kappa shape index (κ2) is 7.43. The predicted octanol–water partition coefficient (Wildman–Crippen LogP) is 2.05. The van der Waals surface area contributed by atoms with E-state index in [1.165, 1.54) is 0 Å². The molecule has 110 valence electrons. The average Bonchev–Trinajstić information content (AvgIpc) is 2.07. The van der Waals surface area contributed by atoms with Crippen LogP contribution in [0.3, 0.4) is 0 Å². The van der Waals surface area contributed by atoms with E-state index in [-0.39, 0.29) is 23.3 Å². The van der Waals surface area contributed by atoms with Crippen molar-refractivity contribution in [3.8, 4) is 0 Å². The number of rotatable bonds is 9. The minimum Gasteiger partial charge on any atom is -0.376 e. The lowest BCUT2D eigenvalue weighted by Crippen LogP contribution is -2.42. The molecule has 0 radical (unpaired) electrons. The summed E-state index contributed by atoms with van der Waals surface area (Å²) in [6.07, 6.45) is 1.87. The van der Waals surface area contributed by atoms with Gasteiger partial charge in [-0.2, -0.15) is 0 Å². The van der Waals surface area contributed by atoms with Gasteiger partial charge in [0.2, 0.25) is 0 Å². The average molecular weight is 260 g/mol. The summed E-state index contributed by atoms with van der Waals surface area (Å²) < 4.78 is 11.5. The number of ether oxygens (including phenoxy) is 2. The molecule has 0 aliphatic carbocycles. The fraction of sp³-hybridized carbons (Fsp3) is 1.00. The van der Waals surface area contributed by atoms with Crippen LogP contribution in [0.2, 0.25) is 0 Å². The van der Waals surface area contributed by atoms with Crippen LogP contribution in [-0.4, -0.2) is 36.5 Å². The highest BCUT2D eigenvalue weighted by Crippen LogP contribution is 2.21. The fourth-order valence-electron chi connectivity index (χ4n) is 2.31. The van der Waals surface area contributed by atoms with Crippen LogP contribution in [0.15, 0.2) is 0 Å². The molecular formula is C14H32N2O2. The SMILES string of the molecule is CC(N)CC(C)OCCOC(C)(C)CC(C)(C)N. The highest BCUT2D eigenvalue weighted by atomic mass is 16.5. The zero-order valence-corrected chi connectivity index (χ0v) is 13.0. The van der Waals surface area contributed by atoms with E-state index in [0.717, 1.165) is 12.8 Å². The molecule has 0 saturated heterocycles. The second-order valence-corrected chi connectivity index (χ2v) is 6.67. The Kier molecular flexibility index (Phi) is 7.37. The normalized spacial score (nSPS) is 16.7. The first-order valence-corrected chi connectivity index (χ1v) is 6.82. The number of hydrogen-bond acceptors (Lipinski definition) is 4. The summed E-state index contributed by atoms with van der Waals surface area (Å²) in [5.41, 5.74) is 11.3. The van der Waals surface area contributed by atoms with Crippen LogP contribution in [-0.2, 0) is 9.47 Å². The summed E-state index contributed by atoms with van der Waals surface area (Å²) in [5, 5.41) is 0. The van der Waals surface area contributed by atoms with Gasteiger partial charge < -0.3 is 20.9 Å². The lowest BCUT2D eigenvalue weighted by atomic mass is 9.90. The Morgan fingerprint density at radius 3 is 2.06 bits per heavy atom. The van der Waals surface area contributed by atoms with Crippen molar-refractivity contribution < 1.29 is 9.47 Å². The van der Waals surface area contributed by atoms with E-state index in [1.807, 2.05) is 27.7 Å². The monoisotopic (exact) mass is 260 g/mol. The van der Waals surface area contributed by atoms with E-state index in [9.17, 15) is 0 Å². The van der Waals surface area contributed by atoms with Crippen LogP contribution in [0.5, 0.6) is 0 Å². The van der Waals surface area contributed by atoms with E-state index in [2.05, 4.69) is 13.8 Å². The standard InChI is InChI=1S/C14H32N2O2/c1-11(15)9-12(2)17-7-8-18-14(5,6)10-13(3,4)16/h11-12H,7-10,15-16H2,1-6H3. The molecule has 2 atom stereocenters. The summed E-state index contributed by atoms with van der Waals surface area (Å²) in [7, 11) is 0. The molecule has 0 heterocycles. The summed E-state index contributed by atoms with van der Waals surface area (Å²) in [5.74, 6) is 0. The lowest BCUT2D eigenvalue weighted by molar-refractivity contribution is -0.0694. The van der Waals surface area contributed by atoms with Crippen molar-refractivity contribution in [2.45, 2.75) is 77.7 Å². The van der Waals surface area contributed by atoms with E-state index in [4.69, 9.17) is 20.9 Å². The van der Waals surface area contributed by atoms with Gasteiger partial charge >= 0.3 is 0 Å². The molecule has 0 aromatic heterocycles. The summed E-state index contributed by atoms with van der Waals surface area (Å²) in [6, 6.07) is 0.176. The van der Waals surface area contributed by atoms with Crippen LogP contribution in [0.4, 0.5) is 0 Å². The Labute approximate surface area is 112 Å². The van der Waals surface area contributed by atoms with Crippen LogP contribution >= 0.6 is 0 Å². The molecule has 2 unspecified atom stereocenters. The molecule has 4 N–H and O–H groups in total. The van der Waals surface area contributed by atoms with Gasteiger partial charge in [-0.1, -0.05) is 0 Å². The van der Waals surface area contributed by atoms with Gasteiger partial charge in [0.25, 0.3) is 0 Å². The van der Waals surface area contributed by atoms with Crippen molar-refractivity contribution in [3.63, 3.8) is 0 Å². The zero-order valence-electron chi connectivity index (χ0n) is 13.0. The van der Waals surface area contributed by atoms with Crippen molar-refractivity contribution in [2.24, 2.45) is 11.5 Å². The second-order valence-electron chi connectivity index (χ2n) is 6.67. The third-order valence-corrected chi connectivity index (χ3v) is 2.56. The van der Waals surface area contributed by atoms with Crippen molar-refractivity contribution in [1.82, 2.24) is 0 Å². The Hall–Kier alpha value is -0.160. The van der Waals surface area contributed by atoms with Crippen molar-refractivity contribution in [2.75, 3.05) is 13.2 Å². The van der Waals surface area contributed by atoms with Gasteiger partial charge in [0.15, 0.2) is 0 Å². The molecule has 0 bridgehead atoms. The maximum atomic E-state index is 6.00. The largest absolute Gasteiger partial charge is 0.376 e. The van der Waals surface area contributed by atoms with Gasteiger partial charge in [0.1, 0.15) is 0 Å². The van der Waals surface area contributed by atoms with Crippen molar-refractivity contribution in [1.29, 1.82) is 0 Å². The molecule has 0 aliphatic heterocycles. The first kappa shape index (κ1) is 17.8. The molecular weight excluding hydrogens is 228 g/mol. The summed E-state index contributed by atoms with van der Waals surface area (Å²) in [6.45, 7) is 13.4. The van der Waals surface area contributed by atoms with Gasteiger partial charge in [-0.15, -0.1) is 0 Å². The Balaban J connectivity index is 3.77. The Bertz CT molecular complexity index is 222. The van der Waals surface area contributed by atoms with E-state index < -0.39 is 0 Å². The zero-order chi connectivity index (χ0) is 14.4. The number of hydrogen-bond donors (Lipinski definition) is 2. The van der Waals surface area contributed by atoms with Crippen molar-refractivity contribution >= 4 is 0 Å². The Morgan fingerprint density at radius 1 is 1.06 bits per heavy atom. The minimum atomic E-state index is -0.216. The highest BCUT2D eigenvalue weighted by molar-refractivity contribution is 4.82. The van der Waals surface area contributed by atoms with Gasteiger partial charge in [0, 0.05) is 11.6 Å². The lowest BCUT2D eigenvalue weighted by Gasteiger charge is -2.32. The van der Waals surface area contributed by atoms with E-state index in [1.54, 1.807) is 0 Å². The van der Waals surface area contributed by atoms with Crippen molar-refractivity contribution in [3.05, 3.63) is 0 Å². The van der Waals surface area contributed by atoms with Gasteiger partial charge in [-0.3, -0.25) is 0 Å². The molecule has 0 fully saturated rings. The minimum absolute atomic E-state index is 0.176. The first-order chi connectivity index (χ1) is 8.02. The maximum absolute atomic E-state index is 6.00. The van der Waals surface area contributed by atoms with Gasteiger partial charge in [-0.05, 0) is 54.4 Å². The third-order valence-electron chi connectivity index (χ3n) is 2.56. The molecule has 4 nitrogen and oxygen atoms in total. The summed E-state index contributed by atoms with van der Waals surface area (Å²) in [4.78, 5) is 0. The van der Waals surface area contributed by atoms with Crippen LogP contribution in [0.25, 0.3) is 0 Å². The van der Waals surface area contributed by atoms with Crippen LogP contribution in [0.1, 0.15) is 54.4 Å². The molecule has 0 spiro atoms. The molecule has 4 heteroatoms. The van der Waals surface area contributed by atoms with E-state index in [0.29, 0.717) is 13.2 Å².